The zero-order valence-corrected chi connectivity index (χ0v) is 20.7. The summed E-state index contributed by atoms with van der Waals surface area (Å²) in [5.41, 5.74) is 3.43. The molecular weight excluding hydrogens is 442 g/mol. The Morgan fingerprint density at radius 2 is 1.75 bits per heavy atom. The number of aromatic nitrogens is 1. The minimum atomic E-state index is -3.54. The molecule has 0 bridgehead atoms. The van der Waals surface area contributed by atoms with Crippen LogP contribution in [0.5, 0.6) is 0 Å². The second-order valence-corrected chi connectivity index (χ2v) is 10.9. The fourth-order valence-corrected chi connectivity index (χ4v) is 5.87. The summed E-state index contributed by atoms with van der Waals surface area (Å²) in [6.45, 7) is 10.2. The predicted molar refractivity (Wildman–Crippen MR) is 132 cm³/mol. The molecule has 3 rings (SSSR count). The predicted octanol–water partition coefficient (Wildman–Crippen LogP) is 5.00. The maximum Gasteiger partial charge on any atom is 0.243 e. The molecule has 170 valence electrons. The highest BCUT2D eigenvalue weighted by molar-refractivity contribution is 8.00. The van der Waals surface area contributed by atoms with Gasteiger partial charge in [-0.15, -0.1) is 0 Å². The quantitative estimate of drug-likeness (QED) is 0.468. The maximum absolute atomic E-state index is 12.9. The van der Waals surface area contributed by atoms with Crippen LogP contribution >= 0.6 is 11.8 Å². The van der Waals surface area contributed by atoms with Crippen LogP contribution in [0.3, 0.4) is 0 Å². The molecule has 0 aliphatic carbocycles. The molecule has 0 saturated heterocycles. The van der Waals surface area contributed by atoms with Gasteiger partial charge in [-0.3, -0.25) is 4.79 Å². The lowest BCUT2D eigenvalue weighted by atomic mass is 10.1. The molecule has 2 aromatic carbocycles. The largest absolute Gasteiger partial charge is 0.325 e. The number of rotatable bonds is 8. The second kappa shape index (κ2) is 10.0. The van der Waals surface area contributed by atoms with Gasteiger partial charge in [-0.25, -0.2) is 13.4 Å². The molecule has 0 saturated carbocycles. The van der Waals surface area contributed by atoms with Gasteiger partial charge in [0, 0.05) is 24.2 Å². The van der Waals surface area contributed by atoms with Gasteiger partial charge >= 0.3 is 0 Å². The van der Waals surface area contributed by atoms with Gasteiger partial charge in [-0.05, 0) is 62.2 Å². The molecule has 0 unspecified atom stereocenters. The first-order valence-electron chi connectivity index (χ1n) is 10.6. The number of benzene rings is 2. The van der Waals surface area contributed by atoms with Crippen LogP contribution < -0.4 is 5.32 Å². The van der Waals surface area contributed by atoms with E-state index in [0.717, 1.165) is 27.2 Å². The molecule has 6 nitrogen and oxygen atoms in total. The van der Waals surface area contributed by atoms with E-state index in [4.69, 9.17) is 0 Å². The first-order chi connectivity index (χ1) is 15.2. The Kier molecular flexibility index (Phi) is 7.59. The first kappa shape index (κ1) is 24.2. The maximum atomic E-state index is 12.9. The van der Waals surface area contributed by atoms with Gasteiger partial charge in [0.15, 0.2) is 0 Å². The van der Waals surface area contributed by atoms with Crippen molar-refractivity contribution in [2.24, 2.45) is 0 Å². The molecule has 1 amide bonds. The van der Waals surface area contributed by atoms with Crippen LogP contribution in [0, 0.1) is 13.8 Å². The van der Waals surface area contributed by atoms with Gasteiger partial charge < -0.3 is 5.32 Å². The lowest BCUT2D eigenvalue weighted by molar-refractivity contribution is -0.115. The summed E-state index contributed by atoms with van der Waals surface area (Å²) in [7, 11) is -3.54. The van der Waals surface area contributed by atoms with Crippen LogP contribution in [-0.2, 0) is 14.8 Å². The SMILES string of the molecule is CCN(CC)S(=O)(=O)c1ccc2nc(S[C@@H](C)C(=O)Nc3ccccc3C)cc(C)c2c1. The first-order valence-corrected chi connectivity index (χ1v) is 12.9. The van der Waals surface area contributed by atoms with Crippen LogP contribution in [0.25, 0.3) is 10.9 Å². The molecule has 32 heavy (non-hydrogen) atoms. The zero-order valence-electron chi connectivity index (χ0n) is 19.0. The van der Waals surface area contributed by atoms with E-state index in [-0.39, 0.29) is 16.1 Å². The molecule has 0 spiro atoms. The lowest BCUT2D eigenvalue weighted by Gasteiger charge is -2.19. The summed E-state index contributed by atoms with van der Waals surface area (Å²) in [4.78, 5) is 17.6. The van der Waals surface area contributed by atoms with Gasteiger partial charge in [-0.1, -0.05) is 43.8 Å². The van der Waals surface area contributed by atoms with E-state index in [9.17, 15) is 13.2 Å². The number of aryl methyl sites for hydroxylation is 2. The van der Waals surface area contributed by atoms with E-state index in [0.29, 0.717) is 18.6 Å². The third kappa shape index (κ3) is 5.14. The third-order valence-electron chi connectivity index (χ3n) is 5.38. The minimum Gasteiger partial charge on any atom is -0.325 e. The summed E-state index contributed by atoms with van der Waals surface area (Å²) in [5, 5.41) is 4.14. The average molecular weight is 472 g/mol. The van der Waals surface area contributed by atoms with E-state index >= 15 is 0 Å². The number of amides is 1. The van der Waals surface area contributed by atoms with Crippen LogP contribution in [0.2, 0.25) is 0 Å². The van der Waals surface area contributed by atoms with Crippen molar-refractivity contribution in [1.82, 2.24) is 9.29 Å². The lowest BCUT2D eigenvalue weighted by Crippen LogP contribution is -2.30. The van der Waals surface area contributed by atoms with Crippen LogP contribution in [-0.4, -0.2) is 42.0 Å². The van der Waals surface area contributed by atoms with Crippen molar-refractivity contribution >= 4 is 44.3 Å². The van der Waals surface area contributed by atoms with Crippen LogP contribution in [0.15, 0.2) is 58.5 Å². The number of carbonyl (C=O) groups excluding carboxylic acids is 1. The Hall–Kier alpha value is -2.42. The molecule has 0 aliphatic heterocycles. The Balaban J connectivity index is 1.83. The van der Waals surface area contributed by atoms with Crippen molar-refractivity contribution in [3.05, 3.63) is 59.7 Å². The topological polar surface area (TPSA) is 79.4 Å². The zero-order chi connectivity index (χ0) is 23.5. The number of nitrogens with one attached hydrogen (secondary N) is 1. The Morgan fingerprint density at radius 3 is 2.41 bits per heavy atom. The standard InChI is InChI=1S/C24H29N3O3S2/c1-6-27(7-2)32(29,30)19-12-13-22-20(15-19)17(4)14-23(25-22)31-18(5)24(28)26-21-11-9-8-10-16(21)3/h8-15,18H,6-7H2,1-5H3,(H,26,28)/t18-/m0/s1. The van der Waals surface area contributed by atoms with Crippen LogP contribution in [0.4, 0.5) is 5.69 Å². The molecule has 0 fully saturated rings. The highest BCUT2D eigenvalue weighted by atomic mass is 32.2. The van der Waals surface area contributed by atoms with Crippen molar-refractivity contribution in [2.45, 2.75) is 49.8 Å². The number of pyridine rings is 1. The summed E-state index contributed by atoms with van der Waals surface area (Å²) in [6, 6.07) is 14.6. The van der Waals surface area contributed by atoms with Crippen molar-refractivity contribution in [3.63, 3.8) is 0 Å². The fraction of sp³-hybridized carbons (Fsp3) is 0.333. The van der Waals surface area contributed by atoms with Crippen molar-refractivity contribution in [3.8, 4) is 0 Å². The molecule has 0 aliphatic rings. The normalized spacial score (nSPS) is 12.8. The van der Waals surface area contributed by atoms with Gasteiger partial charge in [0.05, 0.1) is 20.7 Å². The Bertz CT molecular complexity index is 1240. The van der Waals surface area contributed by atoms with E-state index in [1.807, 2.05) is 65.0 Å². The number of thioether (sulfide) groups is 1. The fourth-order valence-electron chi connectivity index (χ4n) is 3.46. The third-order valence-corrected chi connectivity index (χ3v) is 8.44. The highest BCUT2D eigenvalue weighted by Crippen LogP contribution is 2.29. The summed E-state index contributed by atoms with van der Waals surface area (Å²) in [5.74, 6) is -0.0930. The summed E-state index contributed by atoms with van der Waals surface area (Å²) < 4.78 is 27.2. The second-order valence-electron chi connectivity index (χ2n) is 7.61. The number of nitrogens with zero attached hydrogens (tertiary/aromatic N) is 2. The minimum absolute atomic E-state index is 0.0930. The number of sulfonamides is 1. The molecule has 1 atom stereocenters. The van der Waals surface area contributed by atoms with Gasteiger partial charge in [0.25, 0.3) is 0 Å². The molecule has 0 radical (unpaired) electrons. The summed E-state index contributed by atoms with van der Waals surface area (Å²) in [6.07, 6.45) is 0. The molecule has 1 heterocycles. The number of hydrogen-bond acceptors (Lipinski definition) is 5. The average Bonchev–Trinajstić information content (AvgIpc) is 2.75. The summed E-state index contributed by atoms with van der Waals surface area (Å²) >= 11 is 1.38. The Morgan fingerprint density at radius 1 is 1.06 bits per heavy atom. The van der Waals surface area contributed by atoms with Crippen molar-refractivity contribution in [1.29, 1.82) is 0 Å². The number of hydrogen-bond donors (Lipinski definition) is 1. The van der Waals surface area contributed by atoms with E-state index in [2.05, 4.69) is 10.3 Å². The molecule has 3 aromatic rings. The number of carbonyl (C=O) groups is 1. The number of para-hydroxylation sites is 1. The smallest absolute Gasteiger partial charge is 0.243 e. The number of anilines is 1. The molecule has 1 N–H and O–H groups in total. The van der Waals surface area contributed by atoms with Crippen LogP contribution in [0.1, 0.15) is 31.9 Å². The molecule has 1 aromatic heterocycles. The van der Waals surface area contributed by atoms with Crippen molar-refractivity contribution in [2.75, 3.05) is 18.4 Å². The van der Waals surface area contributed by atoms with Gasteiger partial charge in [-0.2, -0.15) is 4.31 Å². The van der Waals surface area contributed by atoms with E-state index in [1.165, 1.54) is 16.1 Å². The molecule has 8 heteroatoms. The van der Waals surface area contributed by atoms with E-state index < -0.39 is 10.0 Å². The highest BCUT2D eigenvalue weighted by Gasteiger charge is 2.22. The Labute approximate surface area is 194 Å². The molecular formula is C24H29N3O3S2. The van der Waals surface area contributed by atoms with Crippen molar-refractivity contribution < 1.29 is 13.2 Å². The monoisotopic (exact) mass is 471 g/mol. The number of fused-ring (bicyclic) bond motifs is 1. The van der Waals surface area contributed by atoms with E-state index in [1.54, 1.807) is 18.2 Å². The van der Waals surface area contributed by atoms with Gasteiger partial charge in [0.2, 0.25) is 15.9 Å². The van der Waals surface area contributed by atoms with Gasteiger partial charge in [0.1, 0.15) is 0 Å².